The van der Waals surface area contributed by atoms with Crippen molar-refractivity contribution >= 4 is 33.3 Å². The van der Waals surface area contributed by atoms with Crippen molar-refractivity contribution in [3.8, 4) is 0 Å². The van der Waals surface area contributed by atoms with Crippen LogP contribution in [0.3, 0.4) is 0 Å². The van der Waals surface area contributed by atoms with Gasteiger partial charge < -0.3 is 10.6 Å². The second kappa shape index (κ2) is 9.16. The third-order valence-electron chi connectivity index (χ3n) is 4.01. The first-order valence-electron chi connectivity index (χ1n) is 8.54. The number of nitrogens with zero attached hydrogens (tertiary/aromatic N) is 2. The molecule has 27 heavy (non-hydrogen) atoms. The van der Waals surface area contributed by atoms with E-state index in [1.54, 1.807) is 51.2 Å². The van der Waals surface area contributed by atoms with Crippen molar-refractivity contribution in [1.82, 2.24) is 14.6 Å². The molecule has 0 radical (unpaired) electrons. The Morgan fingerprint density at radius 3 is 2.48 bits per heavy atom. The van der Waals surface area contributed by atoms with Crippen molar-refractivity contribution in [2.75, 3.05) is 18.4 Å². The number of carbonyl (C=O) groups is 1. The van der Waals surface area contributed by atoms with Gasteiger partial charge in [-0.15, -0.1) is 0 Å². The monoisotopic (exact) mass is 410 g/mol. The molecule has 2 aromatic rings. The number of anilines is 1. The van der Waals surface area contributed by atoms with Crippen molar-refractivity contribution in [3.63, 3.8) is 0 Å². The summed E-state index contributed by atoms with van der Waals surface area (Å²) in [4.78, 5) is 16.2. The van der Waals surface area contributed by atoms with Crippen LogP contribution in [0, 0.1) is 6.92 Å². The van der Waals surface area contributed by atoms with Gasteiger partial charge in [-0.25, -0.2) is 18.2 Å². The minimum atomic E-state index is -3.61. The molecule has 0 unspecified atom stereocenters. The predicted octanol–water partition coefficient (Wildman–Crippen LogP) is 3.40. The fourth-order valence-electron chi connectivity index (χ4n) is 2.53. The van der Waals surface area contributed by atoms with Gasteiger partial charge in [0, 0.05) is 31.5 Å². The van der Waals surface area contributed by atoms with Crippen molar-refractivity contribution in [2.45, 2.75) is 32.2 Å². The number of halogens is 1. The lowest BCUT2D eigenvalue weighted by molar-refractivity contribution is 0.251. The zero-order chi connectivity index (χ0) is 20.0. The molecular formula is C18H23ClN4O3S. The van der Waals surface area contributed by atoms with Gasteiger partial charge >= 0.3 is 6.03 Å². The number of urea groups is 1. The van der Waals surface area contributed by atoms with E-state index in [1.807, 2.05) is 0 Å². The van der Waals surface area contributed by atoms with Crippen LogP contribution in [0.1, 0.15) is 25.0 Å². The summed E-state index contributed by atoms with van der Waals surface area (Å²) in [5, 5.41) is 5.73. The summed E-state index contributed by atoms with van der Waals surface area (Å²) in [5.41, 5.74) is 1.82. The van der Waals surface area contributed by atoms with Gasteiger partial charge in [0.1, 0.15) is 5.15 Å². The van der Waals surface area contributed by atoms with Gasteiger partial charge in [-0.1, -0.05) is 37.6 Å². The second-order valence-corrected chi connectivity index (χ2v) is 8.16. The molecule has 1 heterocycles. The Balaban J connectivity index is 2.11. The maximum absolute atomic E-state index is 12.8. The van der Waals surface area contributed by atoms with Gasteiger partial charge in [-0.3, -0.25) is 0 Å². The fourth-order valence-corrected chi connectivity index (χ4v) is 4.35. The highest BCUT2D eigenvalue weighted by atomic mass is 35.5. The van der Waals surface area contributed by atoms with Crippen LogP contribution >= 0.6 is 11.6 Å². The zero-order valence-corrected chi connectivity index (χ0v) is 17.1. The van der Waals surface area contributed by atoms with Crippen LogP contribution in [-0.4, -0.2) is 36.8 Å². The normalized spacial score (nSPS) is 11.4. The standard InChI is InChI=1S/C18H23ClN4O3S/c1-4-23(5-2)27(25,26)16-10-15(8-6-13(16)3)22-18(24)21-12-14-7-9-17(19)20-11-14/h6-11H,4-5,12H2,1-3H3,(H2,21,22,24). The predicted molar refractivity (Wildman–Crippen MR) is 106 cm³/mol. The summed E-state index contributed by atoms with van der Waals surface area (Å²) in [6, 6.07) is 7.78. The van der Waals surface area contributed by atoms with E-state index < -0.39 is 16.1 Å². The number of rotatable bonds is 7. The maximum Gasteiger partial charge on any atom is 0.319 e. The lowest BCUT2D eigenvalue weighted by atomic mass is 10.2. The molecule has 2 amide bonds. The average Bonchev–Trinajstić information content (AvgIpc) is 2.63. The van der Waals surface area contributed by atoms with Crippen LogP contribution in [-0.2, 0) is 16.6 Å². The van der Waals surface area contributed by atoms with Crippen LogP contribution in [0.2, 0.25) is 5.15 Å². The number of pyridine rings is 1. The molecule has 7 nitrogen and oxygen atoms in total. The molecule has 0 aliphatic rings. The van der Waals surface area contributed by atoms with Crippen molar-refractivity contribution in [3.05, 3.63) is 52.8 Å². The van der Waals surface area contributed by atoms with Crippen LogP contribution in [0.4, 0.5) is 10.5 Å². The fraction of sp³-hybridized carbons (Fsp3) is 0.333. The lowest BCUT2D eigenvalue weighted by Crippen LogP contribution is -2.31. The van der Waals surface area contributed by atoms with Gasteiger partial charge in [-0.05, 0) is 36.2 Å². The van der Waals surface area contributed by atoms with Crippen molar-refractivity contribution < 1.29 is 13.2 Å². The highest BCUT2D eigenvalue weighted by Gasteiger charge is 2.24. The molecule has 9 heteroatoms. The third-order valence-corrected chi connectivity index (χ3v) is 6.43. The van der Waals surface area contributed by atoms with Crippen LogP contribution in [0.5, 0.6) is 0 Å². The molecule has 0 saturated heterocycles. The number of hydrogen-bond donors (Lipinski definition) is 2. The summed E-state index contributed by atoms with van der Waals surface area (Å²) in [5.74, 6) is 0. The summed E-state index contributed by atoms with van der Waals surface area (Å²) in [6.45, 7) is 6.34. The molecule has 0 spiro atoms. The van der Waals surface area contributed by atoms with E-state index in [-0.39, 0.29) is 11.4 Å². The molecule has 2 N–H and O–H groups in total. The summed E-state index contributed by atoms with van der Waals surface area (Å²) < 4.78 is 26.9. The highest BCUT2D eigenvalue weighted by Crippen LogP contribution is 2.23. The summed E-state index contributed by atoms with van der Waals surface area (Å²) in [6.07, 6.45) is 1.57. The quantitative estimate of drug-likeness (QED) is 0.684. The SMILES string of the molecule is CCN(CC)S(=O)(=O)c1cc(NC(=O)NCc2ccc(Cl)nc2)ccc1C. The van der Waals surface area contributed by atoms with E-state index in [2.05, 4.69) is 15.6 Å². The number of carbonyl (C=O) groups excluding carboxylic acids is 1. The number of benzene rings is 1. The van der Waals surface area contributed by atoms with Crippen LogP contribution < -0.4 is 10.6 Å². The van der Waals surface area contributed by atoms with Gasteiger partial charge in [0.05, 0.1) is 4.90 Å². The Hall–Kier alpha value is -2.16. The molecule has 0 atom stereocenters. The Morgan fingerprint density at radius 1 is 1.19 bits per heavy atom. The highest BCUT2D eigenvalue weighted by molar-refractivity contribution is 7.89. The topological polar surface area (TPSA) is 91.4 Å². The molecule has 0 bridgehead atoms. The Morgan fingerprint density at radius 2 is 1.89 bits per heavy atom. The molecule has 2 rings (SSSR count). The minimum absolute atomic E-state index is 0.186. The van der Waals surface area contributed by atoms with Crippen LogP contribution in [0.25, 0.3) is 0 Å². The first-order valence-corrected chi connectivity index (χ1v) is 10.4. The van der Waals surface area contributed by atoms with E-state index in [9.17, 15) is 13.2 Å². The molecule has 0 aliphatic heterocycles. The van der Waals surface area contributed by atoms with Gasteiger partial charge in [0.2, 0.25) is 10.0 Å². The number of amides is 2. The molecule has 0 fully saturated rings. The summed E-state index contributed by atoms with van der Waals surface area (Å²) >= 11 is 5.73. The summed E-state index contributed by atoms with van der Waals surface area (Å²) in [7, 11) is -3.61. The smallest absolute Gasteiger partial charge is 0.319 e. The van der Waals surface area contributed by atoms with Crippen LogP contribution in [0.15, 0.2) is 41.4 Å². The second-order valence-electron chi connectivity index (χ2n) is 5.87. The van der Waals surface area contributed by atoms with E-state index >= 15 is 0 Å². The minimum Gasteiger partial charge on any atom is -0.334 e. The number of hydrogen-bond acceptors (Lipinski definition) is 4. The zero-order valence-electron chi connectivity index (χ0n) is 15.5. The van der Waals surface area contributed by atoms with Gasteiger partial charge in [0.15, 0.2) is 0 Å². The van der Waals surface area contributed by atoms with E-state index in [0.29, 0.717) is 29.5 Å². The van der Waals surface area contributed by atoms with E-state index in [4.69, 9.17) is 11.6 Å². The van der Waals surface area contributed by atoms with Gasteiger partial charge in [0.25, 0.3) is 0 Å². The average molecular weight is 411 g/mol. The van der Waals surface area contributed by atoms with E-state index in [0.717, 1.165) is 5.56 Å². The molecular weight excluding hydrogens is 388 g/mol. The first kappa shape index (κ1) is 21.1. The Kier molecular flexibility index (Phi) is 7.18. The van der Waals surface area contributed by atoms with Crippen molar-refractivity contribution in [2.24, 2.45) is 0 Å². The molecule has 146 valence electrons. The third kappa shape index (κ3) is 5.41. The molecule has 1 aromatic carbocycles. The largest absolute Gasteiger partial charge is 0.334 e. The molecule has 0 aliphatic carbocycles. The Bertz CT molecular complexity index is 897. The Labute approximate surface area is 164 Å². The number of aryl methyl sites for hydroxylation is 1. The van der Waals surface area contributed by atoms with E-state index in [1.165, 1.54) is 10.4 Å². The number of sulfonamides is 1. The van der Waals surface area contributed by atoms with Gasteiger partial charge in [-0.2, -0.15) is 4.31 Å². The number of nitrogens with one attached hydrogen (secondary N) is 2. The maximum atomic E-state index is 12.8. The molecule has 0 saturated carbocycles. The first-order chi connectivity index (χ1) is 12.8. The number of aromatic nitrogens is 1. The molecule has 1 aromatic heterocycles. The van der Waals surface area contributed by atoms with Crippen molar-refractivity contribution in [1.29, 1.82) is 0 Å². The lowest BCUT2D eigenvalue weighted by Gasteiger charge is -2.20.